The summed E-state index contributed by atoms with van der Waals surface area (Å²) in [6, 6.07) is 8.91. The Bertz CT molecular complexity index is 2940. The number of anilines is 1. The van der Waals surface area contributed by atoms with E-state index in [1.807, 2.05) is 44.2 Å². The number of nitrogens with two attached hydrogens (primary N) is 2. The average Bonchev–Trinajstić information content (AvgIpc) is 1.05. The number of hydrogen-bond acceptors (Lipinski definition) is 16. The van der Waals surface area contributed by atoms with E-state index in [2.05, 4.69) is 26.6 Å². The van der Waals surface area contributed by atoms with Gasteiger partial charge >= 0.3 is 18.1 Å². The number of imide groups is 1. The summed E-state index contributed by atoms with van der Waals surface area (Å²) in [5, 5.41) is 13.5. The van der Waals surface area contributed by atoms with Crippen molar-refractivity contribution in [1.29, 1.82) is 0 Å². The average molecular weight is 1320 g/mol. The van der Waals surface area contributed by atoms with Crippen LogP contribution in [0.5, 0.6) is 0 Å². The molecule has 1 saturated heterocycles. The molecule has 2 aromatic carbocycles. The minimum Gasteiger partial charge on any atom is -0.467 e. The minimum absolute atomic E-state index is 0.00779. The Labute approximate surface area is 552 Å². The predicted octanol–water partition coefficient (Wildman–Crippen LogP) is 3.91. The van der Waals surface area contributed by atoms with E-state index in [1.165, 1.54) is 69.3 Å². The van der Waals surface area contributed by atoms with Crippen molar-refractivity contribution < 1.29 is 76.5 Å². The van der Waals surface area contributed by atoms with E-state index in [1.54, 1.807) is 58.7 Å². The Morgan fingerprint density at radius 2 is 1.38 bits per heavy atom. The van der Waals surface area contributed by atoms with Gasteiger partial charge in [-0.05, 0) is 93.4 Å². The summed E-state index contributed by atoms with van der Waals surface area (Å²) in [4.78, 5) is 166. The lowest BCUT2D eigenvalue weighted by Crippen LogP contribution is -2.62. The number of urea groups is 1. The highest BCUT2D eigenvalue weighted by molar-refractivity contribution is 6.13. The van der Waals surface area contributed by atoms with Gasteiger partial charge in [-0.25, -0.2) is 14.4 Å². The van der Waals surface area contributed by atoms with Gasteiger partial charge < -0.3 is 66.8 Å². The molecule has 0 unspecified atom stereocenters. The first-order chi connectivity index (χ1) is 44.4. The number of primary amides is 2. The van der Waals surface area contributed by atoms with Gasteiger partial charge in [0.1, 0.15) is 36.3 Å². The van der Waals surface area contributed by atoms with Gasteiger partial charge in [-0.1, -0.05) is 104 Å². The summed E-state index contributed by atoms with van der Waals surface area (Å²) in [7, 11) is 5.80. The number of methoxy groups -OCH3 is 3. The number of alkyl carbamates (subject to hydrolysis) is 1. The van der Waals surface area contributed by atoms with Crippen LogP contribution >= 0.6 is 0 Å². The molecular weight excluding hydrogens is 1210 g/mol. The second kappa shape index (κ2) is 37.4. The third kappa shape index (κ3) is 22.4. The van der Waals surface area contributed by atoms with Crippen molar-refractivity contribution in [3.05, 3.63) is 77.9 Å². The molecule has 2 heterocycles. The zero-order valence-electron chi connectivity index (χ0n) is 56.9. The number of nitrogens with zero attached hydrogens (tertiary/aromatic N) is 4. The van der Waals surface area contributed by atoms with E-state index in [9.17, 15) is 57.5 Å². The maximum absolute atomic E-state index is 14.7. The van der Waals surface area contributed by atoms with Crippen molar-refractivity contribution >= 4 is 76.9 Å². The number of nitrogens with one attached hydrogen (secondary N) is 5. The van der Waals surface area contributed by atoms with Crippen LogP contribution in [0.1, 0.15) is 138 Å². The summed E-state index contributed by atoms with van der Waals surface area (Å²) in [5.74, 6) is -7.20. The van der Waals surface area contributed by atoms with Gasteiger partial charge in [-0.2, -0.15) is 0 Å². The number of amides is 12. The summed E-state index contributed by atoms with van der Waals surface area (Å²) in [5.41, 5.74) is 11.0. The number of hydrogen-bond donors (Lipinski definition) is 7. The Hall–Kier alpha value is -8.46. The largest absolute Gasteiger partial charge is 0.467 e. The number of benzene rings is 2. The zero-order chi connectivity index (χ0) is 70.1. The van der Waals surface area contributed by atoms with Crippen LogP contribution in [0.2, 0.25) is 0 Å². The maximum atomic E-state index is 14.7. The molecule has 2 aliphatic heterocycles. The van der Waals surface area contributed by atoms with Crippen LogP contribution in [-0.2, 0) is 79.9 Å². The van der Waals surface area contributed by atoms with E-state index in [-0.39, 0.29) is 69.3 Å². The van der Waals surface area contributed by atoms with Crippen LogP contribution in [0.25, 0.3) is 0 Å². The Morgan fingerprint density at radius 1 is 0.755 bits per heavy atom. The van der Waals surface area contributed by atoms with Crippen molar-refractivity contribution in [2.75, 3.05) is 52.9 Å². The van der Waals surface area contributed by atoms with Crippen molar-refractivity contribution in [2.24, 2.45) is 35.1 Å². The highest BCUT2D eigenvalue weighted by Gasteiger charge is 2.45. The van der Waals surface area contributed by atoms with E-state index in [0.717, 1.165) is 10.5 Å². The fourth-order valence-electron chi connectivity index (χ4n) is 11.8. The fourth-order valence-corrected chi connectivity index (χ4v) is 11.8. The van der Waals surface area contributed by atoms with Crippen LogP contribution in [0.3, 0.4) is 0 Å². The van der Waals surface area contributed by atoms with Crippen molar-refractivity contribution in [2.45, 2.75) is 194 Å². The lowest BCUT2D eigenvalue weighted by Gasteiger charge is -2.41. The number of unbranched alkanes of at least 4 members (excludes halogenated alkanes) is 2. The molecule has 0 aromatic heterocycles. The molecule has 2 aromatic rings. The van der Waals surface area contributed by atoms with Crippen molar-refractivity contribution in [3.63, 3.8) is 0 Å². The lowest BCUT2D eigenvalue weighted by molar-refractivity contribution is -0.149. The van der Waals surface area contributed by atoms with E-state index < -0.39 is 137 Å². The molecule has 27 heteroatoms. The standard InChI is InChI=1S/C67H101N11O16/c1-14-42(6)57(50(91-11)38-54(82)76-36-22-26-48(76)58(92-12)43(7)60(84)71-47(63(87)93-13)37-44-23-17-15-18-24-44)75(10)61(85)55(40(2)3)73-64(88)67(8,9)74-66(90)94-39-45-28-30-46(31-29-45)78(49(59(68)83)25-21-34-70-65(69)89)62(86)56(41(4)5)72-51(79)27-19-16-20-35-77-52(80)32-33-53(77)81/h15,17-18,23-24,28-33,40-43,47-50,55-58H,14,16,19-22,25-27,34-39H2,1-13H3,(H2,68,83)(H,71,84)(H,72,79)(H,73,88)(H,74,90)(H3,69,70,89)/t42-,43+,47-,48-,49-,50+,55-,56-,57-,58+/m0/s1. The second-order valence-corrected chi connectivity index (χ2v) is 25.4. The molecule has 2 aliphatic rings. The van der Waals surface area contributed by atoms with Gasteiger partial charge in [0.15, 0.2) is 0 Å². The van der Waals surface area contributed by atoms with Crippen molar-refractivity contribution in [1.82, 2.24) is 41.3 Å². The molecule has 9 N–H and O–H groups in total. The molecule has 27 nitrogen and oxygen atoms in total. The first kappa shape index (κ1) is 78.0. The number of esters is 1. The van der Waals surface area contributed by atoms with Crippen LogP contribution in [-0.4, -0.2) is 188 Å². The normalized spacial score (nSPS) is 16.8. The Balaban J connectivity index is 1.43. The minimum atomic E-state index is -1.64. The number of ether oxygens (including phenoxy) is 4. The smallest absolute Gasteiger partial charge is 0.408 e. The number of likely N-dealkylation sites (N-methyl/N-ethyl adjacent to an activating group) is 1. The van der Waals surface area contributed by atoms with Crippen molar-refractivity contribution in [3.8, 4) is 0 Å². The van der Waals surface area contributed by atoms with Gasteiger partial charge in [0.05, 0.1) is 43.7 Å². The first-order valence-corrected chi connectivity index (χ1v) is 32.3. The molecule has 1 fully saturated rings. The SMILES string of the molecule is CC[C@H](C)[C@@H]([C@@H](CC(=O)N1CCC[C@H]1[C@H](OC)[C@@H](C)C(=O)N[C@@H](Cc1ccccc1)C(=O)OC)OC)N(C)C(=O)[C@@H](NC(=O)C(C)(C)NC(=O)OCc1ccc(N(C(=O)[C@@H](NC(=O)CCCCCN2C(=O)C=CC2=O)C(C)C)[C@@H](CCCNC(N)=O)C(N)=O)cc1)C(C)C. The van der Waals surface area contributed by atoms with E-state index >= 15 is 0 Å². The fraction of sp³-hybridized carbons (Fsp3) is 0.612. The van der Waals surface area contributed by atoms with Gasteiger partial charge in [0.25, 0.3) is 17.7 Å². The monoisotopic (exact) mass is 1320 g/mol. The lowest BCUT2D eigenvalue weighted by atomic mass is 9.89. The zero-order valence-corrected chi connectivity index (χ0v) is 56.9. The van der Waals surface area contributed by atoms with Crippen LogP contribution in [0, 0.1) is 23.7 Å². The van der Waals surface area contributed by atoms with Gasteiger partial charge in [0.2, 0.25) is 35.4 Å². The summed E-state index contributed by atoms with van der Waals surface area (Å²) in [6.07, 6.45) is 3.29. The number of carbonyl (C=O) groups excluding carboxylic acids is 12. The molecule has 520 valence electrons. The molecule has 0 bridgehead atoms. The quantitative estimate of drug-likeness (QED) is 0.0285. The van der Waals surface area contributed by atoms with E-state index in [0.29, 0.717) is 50.6 Å². The topological polar surface area (TPSA) is 367 Å². The van der Waals surface area contributed by atoms with Gasteiger partial charge in [0, 0.05) is 71.6 Å². The number of likely N-dealkylation sites (tertiary alicyclic amines) is 1. The molecule has 10 atom stereocenters. The summed E-state index contributed by atoms with van der Waals surface area (Å²) < 4.78 is 22.6. The summed E-state index contributed by atoms with van der Waals surface area (Å²) in [6.45, 7) is 15.8. The molecule has 0 radical (unpaired) electrons. The first-order valence-electron chi connectivity index (χ1n) is 32.3. The molecule has 0 spiro atoms. The van der Waals surface area contributed by atoms with E-state index in [4.69, 9.17) is 30.4 Å². The van der Waals surface area contributed by atoms with Crippen LogP contribution in [0.15, 0.2) is 66.7 Å². The summed E-state index contributed by atoms with van der Waals surface area (Å²) >= 11 is 0. The number of carbonyl (C=O) groups is 12. The maximum Gasteiger partial charge on any atom is 0.408 e. The Morgan fingerprint density at radius 3 is 1.95 bits per heavy atom. The second-order valence-electron chi connectivity index (χ2n) is 25.4. The highest BCUT2D eigenvalue weighted by atomic mass is 16.5. The molecule has 94 heavy (non-hydrogen) atoms. The molecule has 0 aliphatic carbocycles. The predicted molar refractivity (Wildman–Crippen MR) is 349 cm³/mol. The van der Waals surface area contributed by atoms with Gasteiger partial charge in [-0.15, -0.1) is 0 Å². The molecule has 0 saturated carbocycles. The third-order valence-corrected chi connectivity index (χ3v) is 17.4. The highest BCUT2D eigenvalue weighted by Crippen LogP contribution is 2.31. The van der Waals surface area contributed by atoms with Crippen LogP contribution < -0.4 is 43.0 Å². The van der Waals surface area contributed by atoms with Crippen LogP contribution in [0.4, 0.5) is 15.3 Å². The molecule has 12 amide bonds. The van der Waals surface area contributed by atoms with Gasteiger partial charge in [-0.3, -0.25) is 53.0 Å². The third-order valence-electron chi connectivity index (χ3n) is 17.4. The Kier molecular flexibility index (Phi) is 31.1. The molecular formula is C67H101N11O16. The number of rotatable bonds is 38. The molecule has 4 rings (SSSR count).